The Balaban J connectivity index is 2.32. The van der Waals surface area contributed by atoms with E-state index < -0.39 is 42.4 Å². The van der Waals surface area contributed by atoms with Crippen LogP contribution in [0.25, 0.3) is 0 Å². The first-order valence-corrected chi connectivity index (χ1v) is 12.2. The van der Waals surface area contributed by atoms with E-state index in [2.05, 4.69) is 20.4 Å². The molecule has 0 saturated heterocycles. The highest BCUT2D eigenvalue weighted by atomic mass is 32.1. The number of urea groups is 1. The Hall–Kier alpha value is -3.93. The number of methoxy groups -OCH3 is 1. The van der Waals surface area contributed by atoms with Gasteiger partial charge in [0.2, 0.25) is 11.8 Å². The Morgan fingerprint density at radius 3 is 2.49 bits per heavy atom. The molecule has 1 atom stereocenters. The number of rotatable bonds is 11. The van der Waals surface area contributed by atoms with E-state index >= 15 is 0 Å². The lowest BCUT2D eigenvalue weighted by Crippen LogP contribution is -2.54. The second-order valence-corrected chi connectivity index (χ2v) is 8.47. The number of ether oxygens (including phenoxy) is 1. The predicted molar refractivity (Wildman–Crippen MR) is 135 cm³/mol. The molecule has 2 aromatic rings. The number of hydrogen-bond acceptors (Lipinski definition) is 7. The number of aromatic nitrogens is 1. The van der Waals surface area contributed by atoms with Crippen LogP contribution >= 0.6 is 11.3 Å². The number of imide groups is 1. The third kappa shape index (κ3) is 8.60. The topological polar surface area (TPSA) is 118 Å². The molecule has 1 aromatic heterocycles. The molecule has 0 aliphatic rings. The quantitative estimate of drug-likeness (QED) is 0.330. The second-order valence-electron chi connectivity index (χ2n) is 7.62. The number of carbonyl (C=O) groups is 4. The molecule has 0 spiro atoms. The molecule has 0 radical (unpaired) electrons. The van der Waals surface area contributed by atoms with Crippen LogP contribution in [0.3, 0.4) is 0 Å². The highest BCUT2D eigenvalue weighted by molar-refractivity contribution is 7.14. The van der Waals surface area contributed by atoms with Gasteiger partial charge in [-0.15, -0.1) is 11.3 Å². The summed E-state index contributed by atoms with van der Waals surface area (Å²) < 4.78 is 31.4. The average Bonchev–Trinajstić information content (AvgIpc) is 3.34. The summed E-state index contributed by atoms with van der Waals surface area (Å²) in [6, 6.07) is 6.48. The monoisotopic (exact) mass is 534 g/mol. The van der Waals surface area contributed by atoms with E-state index in [0.717, 1.165) is 29.2 Å². The van der Waals surface area contributed by atoms with Crippen LogP contribution in [0.15, 0.2) is 59.3 Å². The Morgan fingerprint density at radius 2 is 1.89 bits per heavy atom. The van der Waals surface area contributed by atoms with E-state index in [1.54, 1.807) is 37.3 Å². The molecular formula is C25H28F2N4O5S. The summed E-state index contributed by atoms with van der Waals surface area (Å²) >= 11 is 0.967. The van der Waals surface area contributed by atoms with Gasteiger partial charge in [-0.1, -0.05) is 43.3 Å². The third-order valence-electron chi connectivity index (χ3n) is 5.02. The number of nitrogens with one attached hydrogen (secondary N) is 2. The molecular weight excluding hydrogens is 506 g/mol. The number of hydrogen-bond donors (Lipinski definition) is 2. The summed E-state index contributed by atoms with van der Waals surface area (Å²) in [5, 5.41) is 6.44. The van der Waals surface area contributed by atoms with Gasteiger partial charge in [-0.05, 0) is 18.1 Å². The maximum Gasteiger partial charge on any atom is 0.357 e. The van der Waals surface area contributed by atoms with Crippen LogP contribution in [0.1, 0.15) is 36.3 Å². The van der Waals surface area contributed by atoms with Crippen LogP contribution in [-0.4, -0.2) is 60.1 Å². The fourth-order valence-corrected chi connectivity index (χ4v) is 4.00. The largest absolute Gasteiger partial charge is 0.464 e. The smallest absolute Gasteiger partial charge is 0.357 e. The van der Waals surface area contributed by atoms with Gasteiger partial charge < -0.3 is 15.4 Å². The van der Waals surface area contributed by atoms with Gasteiger partial charge in [-0.2, -0.15) is 0 Å². The molecule has 0 aliphatic heterocycles. The zero-order chi connectivity index (χ0) is 27.4. The summed E-state index contributed by atoms with van der Waals surface area (Å²) in [6.45, 7) is 1.52. The molecule has 1 heterocycles. The molecule has 4 amide bonds. The van der Waals surface area contributed by atoms with Crippen molar-refractivity contribution in [3.63, 3.8) is 0 Å². The summed E-state index contributed by atoms with van der Waals surface area (Å²) in [7, 11) is 1.19. The van der Waals surface area contributed by atoms with E-state index in [9.17, 15) is 28.0 Å². The van der Waals surface area contributed by atoms with Crippen molar-refractivity contribution >= 4 is 40.3 Å². The molecule has 2 rings (SSSR count). The van der Waals surface area contributed by atoms with Crippen molar-refractivity contribution in [2.75, 3.05) is 25.6 Å². The lowest BCUT2D eigenvalue weighted by Gasteiger charge is -2.28. The molecule has 0 fully saturated rings. The third-order valence-corrected chi connectivity index (χ3v) is 5.77. The van der Waals surface area contributed by atoms with Crippen molar-refractivity contribution in [3.8, 4) is 0 Å². The lowest BCUT2D eigenvalue weighted by molar-refractivity contribution is -0.133. The number of allylic oxidation sites excluding steroid dienone is 2. The number of anilines is 1. The minimum Gasteiger partial charge on any atom is -0.464 e. The Labute approximate surface area is 217 Å². The number of thiazole rings is 1. The summed E-state index contributed by atoms with van der Waals surface area (Å²) in [5.74, 6) is -2.98. The number of nitrogens with zero attached hydrogens (tertiary/aromatic N) is 2. The van der Waals surface area contributed by atoms with E-state index in [4.69, 9.17) is 0 Å². The van der Waals surface area contributed by atoms with Gasteiger partial charge in [0.05, 0.1) is 7.11 Å². The van der Waals surface area contributed by atoms with E-state index in [1.165, 1.54) is 18.6 Å². The Kier molecular flexibility index (Phi) is 11.6. The van der Waals surface area contributed by atoms with E-state index in [0.29, 0.717) is 12.0 Å². The zero-order valence-electron chi connectivity index (χ0n) is 20.6. The van der Waals surface area contributed by atoms with Crippen LogP contribution in [0, 0.1) is 0 Å². The maximum atomic E-state index is 14.2. The fourth-order valence-electron chi connectivity index (χ4n) is 3.32. The molecule has 0 aliphatic carbocycles. The number of esters is 1. The summed E-state index contributed by atoms with van der Waals surface area (Å²) in [4.78, 5) is 55.4. The highest BCUT2D eigenvalue weighted by Crippen LogP contribution is 2.19. The number of alkyl halides is 1. The average molecular weight is 535 g/mol. The van der Waals surface area contributed by atoms with Crippen molar-refractivity contribution in [2.45, 2.75) is 32.7 Å². The van der Waals surface area contributed by atoms with Crippen molar-refractivity contribution in [1.29, 1.82) is 0 Å². The van der Waals surface area contributed by atoms with Crippen LogP contribution in [0.2, 0.25) is 0 Å². The minimum absolute atomic E-state index is 0.0119. The normalized spacial score (nSPS) is 12.5. The number of amides is 4. The van der Waals surface area contributed by atoms with Crippen LogP contribution < -0.4 is 10.6 Å². The van der Waals surface area contributed by atoms with Crippen LogP contribution in [0.4, 0.5) is 18.7 Å². The first-order chi connectivity index (χ1) is 17.7. The van der Waals surface area contributed by atoms with Gasteiger partial charge in [0.1, 0.15) is 18.5 Å². The van der Waals surface area contributed by atoms with Crippen molar-refractivity contribution in [1.82, 2.24) is 15.2 Å². The van der Waals surface area contributed by atoms with Gasteiger partial charge in [0.25, 0.3) is 0 Å². The molecule has 198 valence electrons. The lowest BCUT2D eigenvalue weighted by atomic mass is 10.0. The maximum absolute atomic E-state index is 14.2. The molecule has 0 unspecified atom stereocenters. The van der Waals surface area contributed by atoms with Gasteiger partial charge in [-0.3, -0.25) is 14.5 Å². The second kappa shape index (κ2) is 14.6. The summed E-state index contributed by atoms with van der Waals surface area (Å²) in [5.41, 5.74) is 0.695. The molecule has 12 heteroatoms. The zero-order valence-corrected chi connectivity index (χ0v) is 21.4. The van der Waals surface area contributed by atoms with Gasteiger partial charge in [0, 0.05) is 30.8 Å². The standard InChI is InChI=1S/C25H28F2N4O5S/c1-4-8-18(19(27)11-12-26)14-28-25(35)31(16(2)32)21(13-17-9-6-5-7-10-17)22(33)30-24-29-20(15-37-24)23(34)36-3/h5-11,15,21H,4,12-14H2,1-3H3,(H,28,35)(H,29,30,33)/b18-8-,19-11+/t21-/m0/s1. The van der Waals surface area contributed by atoms with Crippen molar-refractivity contribution in [3.05, 3.63) is 70.5 Å². The summed E-state index contributed by atoms with van der Waals surface area (Å²) in [6.07, 6.45) is 2.62. The molecule has 1 aromatic carbocycles. The predicted octanol–water partition coefficient (Wildman–Crippen LogP) is 4.20. The van der Waals surface area contributed by atoms with E-state index in [1.807, 2.05) is 0 Å². The number of halogens is 2. The molecule has 37 heavy (non-hydrogen) atoms. The molecule has 0 bridgehead atoms. The fraction of sp³-hybridized carbons (Fsp3) is 0.320. The first-order valence-electron chi connectivity index (χ1n) is 11.3. The molecule has 2 N–H and O–H groups in total. The SMILES string of the molecule is CC/C=C(CNC(=O)N(C(C)=O)[C@@H](Cc1ccccc1)C(=O)Nc1nc(C(=O)OC)cs1)\C(F)=C/CF. The number of benzene rings is 1. The van der Waals surface area contributed by atoms with Crippen molar-refractivity contribution in [2.24, 2.45) is 0 Å². The van der Waals surface area contributed by atoms with Gasteiger partial charge in [0.15, 0.2) is 10.8 Å². The van der Waals surface area contributed by atoms with Crippen molar-refractivity contribution < 1.29 is 32.7 Å². The van der Waals surface area contributed by atoms with Crippen LogP contribution in [-0.2, 0) is 20.7 Å². The Bertz CT molecular complexity index is 1170. The minimum atomic E-state index is -1.31. The molecule has 9 nitrogen and oxygen atoms in total. The highest BCUT2D eigenvalue weighted by Gasteiger charge is 2.34. The number of carbonyl (C=O) groups excluding carboxylic acids is 4. The van der Waals surface area contributed by atoms with Crippen LogP contribution in [0.5, 0.6) is 0 Å². The Morgan fingerprint density at radius 1 is 1.19 bits per heavy atom. The van der Waals surface area contributed by atoms with Gasteiger partial charge in [-0.25, -0.2) is 23.4 Å². The first kappa shape index (κ1) is 29.3. The molecule has 0 saturated carbocycles. The van der Waals surface area contributed by atoms with Gasteiger partial charge >= 0.3 is 12.0 Å². The van der Waals surface area contributed by atoms with E-state index in [-0.39, 0.29) is 29.4 Å².